The molecule has 0 radical (unpaired) electrons. The molecule has 7 nitrogen and oxygen atoms in total. The topological polar surface area (TPSA) is 127 Å². The first kappa shape index (κ1) is 18.9. The van der Waals surface area contributed by atoms with Gasteiger partial charge in [0.25, 0.3) is 10.1 Å². The van der Waals surface area contributed by atoms with Gasteiger partial charge in [-0.05, 0) is 12.8 Å². The standard InChI is InChI=1S/C12H24N2O5S/c1-3-5-9(6-4-2)12(16)14-8-10(7-11(13)15)20(17,18)19/h9-10H,3-8H2,1-2H3,(H2,13,15)(H,14,16)(H,17,18,19). The van der Waals surface area contributed by atoms with Crippen LogP contribution in [-0.4, -0.2) is 36.6 Å². The molecule has 0 aromatic rings. The van der Waals surface area contributed by atoms with E-state index in [1.165, 1.54) is 0 Å². The van der Waals surface area contributed by atoms with Crippen LogP contribution in [0.25, 0.3) is 0 Å². The van der Waals surface area contributed by atoms with Crippen molar-refractivity contribution in [3.05, 3.63) is 0 Å². The van der Waals surface area contributed by atoms with Crippen LogP contribution in [-0.2, 0) is 19.7 Å². The van der Waals surface area contributed by atoms with Crippen molar-refractivity contribution in [1.82, 2.24) is 5.32 Å². The zero-order valence-electron chi connectivity index (χ0n) is 12.0. The fraction of sp³-hybridized carbons (Fsp3) is 0.833. The molecule has 118 valence electrons. The third-order valence-corrected chi connectivity index (χ3v) is 4.17. The highest BCUT2D eigenvalue weighted by molar-refractivity contribution is 7.86. The second-order valence-electron chi connectivity index (χ2n) is 4.83. The van der Waals surface area contributed by atoms with E-state index >= 15 is 0 Å². The van der Waals surface area contributed by atoms with Crippen LogP contribution in [0.2, 0.25) is 0 Å². The lowest BCUT2D eigenvalue weighted by Gasteiger charge is -2.18. The molecule has 0 bridgehead atoms. The van der Waals surface area contributed by atoms with Crippen molar-refractivity contribution in [2.24, 2.45) is 11.7 Å². The maximum atomic E-state index is 11.9. The van der Waals surface area contributed by atoms with Crippen LogP contribution >= 0.6 is 0 Å². The maximum Gasteiger partial charge on any atom is 0.270 e. The Labute approximate surface area is 120 Å². The lowest BCUT2D eigenvalue weighted by Crippen LogP contribution is -2.41. The molecule has 0 rings (SSSR count). The van der Waals surface area contributed by atoms with Gasteiger partial charge < -0.3 is 11.1 Å². The number of rotatable bonds is 10. The minimum atomic E-state index is -4.42. The third-order valence-electron chi connectivity index (χ3n) is 3.00. The quantitative estimate of drug-likeness (QED) is 0.505. The third kappa shape index (κ3) is 7.44. The fourth-order valence-corrected chi connectivity index (χ4v) is 2.64. The van der Waals surface area contributed by atoms with Crippen LogP contribution in [0.3, 0.4) is 0 Å². The largest absolute Gasteiger partial charge is 0.370 e. The number of hydrogen-bond acceptors (Lipinski definition) is 4. The molecule has 0 aliphatic carbocycles. The molecular formula is C12H24N2O5S. The van der Waals surface area contributed by atoms with Crippen LogP contribution in [0.5, 0.6) is 0 Å². The Bertz CT molecular complexity index is 416. The second kappa shape index (κ2) is 8.91. The first-order valence-electron chi connectivity index (χ1n) is 6.74. The fourth-order valence-electron chi connectivity index (χ4n) is 1.97. The first-order valence-corrected chi connectivity index (χ1v) is 8.24. The molecular weight excluding hydrogens is 284 g/mol. The van der Waals surface area contributed by atoms with Crippen molar-refractivity contribution >= 4 is 21.9 Å². The maximum absolute atomic E-state index is 11.9. The van der Waals surface area contributed by atoms with Gasteiger partial charge in [0.05, 0.1) is 0 Å². The van der Waals surface area contributed by atoms with E-state index < -0.39 is 27.7 Å². The van der Waals surface area contributed by atoms with Crippen molar-refractivity contribution in [1.29, 1.82) is 0 Å². The predicted molar refractivity (Wildman–Crippen MR) is 75.5 cm³/mol. The number of hydrogen-bond donors (Lipinski definition) is 3. The summed E-state index contributed by atoms with van der Waals surface area (Å²) in [5.74, 6) is -1.28. The Morgan fingerprint density at radius 3 is 2.05 bits per heavy atom. The molecule has 2 amide bonds. The van der Waals surface area contributed by atoms with E-state index in [-0.39, 0.29) is 18.4 Å². The molecule has 0 aliphatic rings. The summed E-state index contributed by atoms with van der Waals surface area (Å²) in [6, 6.07) is 0. The number of nitrogens with one attached hydrogen (secondary N) is 1. The highest BCUT2D eigenvalue weighted by Gasteiger charge is 2.27. The minimum absolute atomic E-state index is 0.180. The lowest BCUT2D eigenvalue weighted by molar-refractivity contribution is -0.125. The van der Waals surface area contributed by atoms with E-state index in [1.54, 1.807) is 0 Å². The monoisotopic (exact) mass is 308 g/mol. The Morgan fingerprint density at radius 2 is 1.70 bits per heavy atom. The van der Waals surface area contributed by atoms with E-state index in [9.17, 15) is 18.0 Å². The summed E-state index contributed by atoms with van der Waals surface area (Å²) in [6.07, 6.45) is 2.60. The lowest BCUT2D eigenvalue weighted by atomic mass is 9.97. The van der Waals surface area contributed by atoms with Crippen LogP contribution in [0.15, 0.2) is 0 Å². The van der Waals surface area contributed by atoms with Crippen molar-refractivity contribution in [3.63, 3.8) is 0 Å². The summed E-state index contributed by atoms with van der Waals surface area (Å²) in [6.45, 7) is 3.61. The van der Waals surface area contributed by atoms with Crippen molar-refractivity contribution in [3.8, 4) is 0 Å². The summed E-state index contributed by atoms with van der Waals surface area (Å²) in [5.41, 5.74) is 4.92. The molecule has 0 saturated carbocycles. The highest BCUT2D eigenvalue weighted by Crippen LogP contribution is 2.14. The Hall–Kier alpha value is -1.15. The zero-order chi connectivity index (χ0) is 15.8. The van der Waals surface area contributed by atoms with E-state index in [0.717, 1.165) is 12.8 Å². The van der Waals surface area contributed by atoms with Gasteiger partial charge in [0.1, 0.15) is 5.25 Å². The van der Waals surface area contributed by atoms with Crippen molar-refractivity contribution < 1.29 is 22.6 Å². The van der Waals surface area contributed by atoms with Gasteiger partial charge in [0.15, 0.2) is 0 Å². The number of nitrogens with two attached hydrogens (primary N) is 1. The average Bonchev–Trinajstić information content (AvgIpc) is 2.32. The molecule has 0 spiro atoms. The van der Waals surface area contributed by atoms with Gasteiger partial charge in [-0.1, -0.05) is 26.7 Å². The first-order chi connectivity index (χ1) is 9.22. The summed E-state index contributed by atoms with van der Waals surface area (Å²) in [4.78, 5) is 22.7. The Morgan fingerprint density at radius 1 is 1.20 bits per heavy atom. The molecule has 8 heteroatoms. The summed E-state index contributed by atoms with van der Waals surface area (Å²) in [7, 11) is -4.42. The summed E-state index contributed by atoms with van der Waals surface area (Å²) in [5, 5.41) is 1.08. The van der Waals surface area contributed by atoms with Gasteiger partial charge in [-0.15, -0.1) is 0 Å². The molecule has 1 atom stereocenters. The molecule has 0 heterocycles. The molecule has 0 fully saturated rings. The zero-order valence-corrected chi connectivity index (χ0v) is 12.8. The smallest absolute Gasteiger partial charge is 0.270 e. The van der Waals surface area contributed by atoms with Crippen LogP contribution < -0.4 is 11.1 Å². The number of amides is 2. The van der Waals surface area contributed by atoms with Gasteiger partial charge in [0.2, 0.25) is 11.8 Å². The Kier molecular flexibility index (Phi) is 8.40. The SMILES string of the molecule is CCCC(CCC)C(=O)NCC(CC(N)=O)S(=O)(=O)O. The van der Waals surface area contributed by atoms with Crippen LogP contribution in [0.4, 0.5) is 0 Å². The van der Waals surface area contributed by atoms with Gasteiger partial charge >= 0.3 is 0 Å². The number of carbonyl (C=O) groups is 2. The molecule has 20 heavy (non-hydrogen) atoms. The van der Waals surface area contributed by atoms with Gasteiger partial charge in [0, 0.05) is 18.9 Å². The van der Waals surface area contributed by atoms with Crippen LogP contribution in [0, 0.1) is 5.92 Å². The van der Waals surface area contributed by atoms with Gasteiger partial charge in [-0.25, -0.2) is 0 Å². The molecule has 0 aromatic heterocycles. The average molecular weight is 308 g/mol. The van der Waals surface area contributed by atoms with Crippen molar-refractivity contribution in [2.75, 3.05) is 6.54 Å². The van der Waals surface area contributed by atoms with E-state index in [0.29, 0.717) is 12.8 Å². The predicted octanol–water partition coefficient (Wildman–Crippen LogP) is 0.451. The summed E-state index contributed by atoms with van der Waals surface area (Å²) < 4.78 is 31.2. The number of primary amides is 1. The van der Waals surface area contributed by atoms with E-state index in [4.69, 9.17) is 10.3 Å². The number of carbonyl (C=O) groups excluding carboxylic acids is 2. The molecule has 4 N–H and O–H groups in total. The normalized spacial score (nSPS) is 13.2. The summed E-state index contributed by atoms with van der Waals surface area (Å²) >= 11 is 0. The molecule has 1 unspecified atom stereocenters. The second-order valence-corrected chi connectivity index (χ2v) is 6.52. The van der Waals surface area contributed by atoms with Crippen molar-refractivity contribution in [2.45, 2.75) is 51.2 Å². The van der Waals surface area contributed by atoms with E-state index in [2.05, 4.69) is 5.32 Å². The molecule has 0 aromatic carbocycles. The van der Waals surface area contributed by atoms with Gasteiger partial charge in [-0.2, -0.15) is 8.42 Å². The van der Waals surface area contributed by atoms with Gasteiger partial charge in [-0.3, -0.25) is 14.1 Å². The van der Waals surface area contributed by atoms with Crippen LogP contribution in [0.1, 0.15) is 46.0 Å². The highest BCUT2D eigenvalue weighted by atomic mass is 32.2. The molecule has 0 aliphatic heterocycles. The minimum Gasteiger partial charge on any atom is -0.370 e. The Balaban J connectivity index is 4.60. The molecule has 0 saturated heterocycles. The van der Waals surface area contributed by atoms with E-state index in [1.807, 2.05) is 13.8 Å².